The number of pyridine rings is 1. The first kappa shape index (κ1) is 20.2. The fourth-order valence-corrected chi connectivity index (χ4v) is 2.04. The SMILES string of the molecule is CCNC(=NCc1cccc(OC)n1)NCCCn1cccn1.I. The van der Waals surface area contributed by atoms with E-state index in [-0.39, 0.29) is 24.0 Å². The van der Waals surface area contributed by atoms with E-state index >= 15 is 0 Å². The van der Waals surface area contributed by atoms with Gasteiger partial charge in [0.1, 0.15) is 0 Å². The zero-order valence-electron chi connectivity index (χ0n) is 14.1. The van der Waals surface area contributed by atoms with E-state index in [1.54, 1.807) is 13.3 Å². The van der Waals surface area contributed by atoms with Crippen LogP contribution in [0, 0.1) is 0 Å². The summed E-state index contributed by atoms with van der Waals surface area (Å²) in [5.41, 5.74) is 0.873. The average molecular weight is 444 g/mol. The highest BCUT2D eigenvalue weighted by Crippen LogP contribution is 2.07. The highest BCUT2D eigenvalue weighted by Gasteiger charge is 2.00. The van der Waals surface area contributed by atoms with Crippen molar-refractivity contribution in [3.8, 4) is 5.88 Å². The molecule has 8 heteroatoms. The number of rotatable bonds is 8. The van der Waals surface area contributed by atoms with Crippen LogP contribution >= 0.6 is 24.0 Å². The normalized spacial score (nSPS) is 10.8. The van der Waals surface area contributed by atoms with Crippen molar-refractivity contribution in [3.05, 3.63) is 42.4 Å². The molecule has 2 rings (SSSR count). The summed E-state index contributed by atoms with van der Waals surface area (Å²) in [6.45, 7) is 5.08. The molecule has 2 heterocycles. The van der Waals surface area contributed by atoms with Gasteiger partial charge in [-0.1, -0.05) is 6.07 Å². The van der Waals surface area contributed by atoms with Crippen LogP contribution in [0.4, 0.5) is 0 Å². The number of hydrogen-bond donors (Lipinski definition) is 2. The molecule has 0 saturated heterocycles. The van der Waals surface area contributed by atoms with Gasteiger partial charge in [0.15, 0.2) is 5.96 Å². The fraction of sp³-hybridized carbons (Fsp3) is 0.438. The molecule has 0 aliphatic rings. The largest absolute Gasteiger partial charge is 0.481 e. The van der Waals surface area contributed by atoms with Gasteiger partial charge < -0.3 is 15.4 Å². The van der Waals surface area contributed by atoms with E-state index in [9.17, 15) is 0 Å². The quantitative estimate of drug-likeness (QED) is 0.282. The van der Waals surface area contributed by atoms with E-state index in [1.165, 1.54) is 0 Å². The lowest BCUT2D eigenvalue weighted by Gasteiger charge is -2.11. The van der Waals surface area contributed by atoms with Gasteiger partial charge in [-0.15, -0.1) is 24.0 Å². The van der Waals surface area contributed by atoms with Crippen molar-refractivity contribution in [1.29, 1.82) is 0 Å². The second-order valence-corrected chi connectivity index (χ2v) is 4.92. The Labute approximate surface area is 159 Å². The van der Waals surface area contributed by atoms with Crippen molar-refractivity contribution >= 4 is 29.9 Å². The Morgan fingerprint density at radius 1 is 1.29 bits per heavy atom. The van der Waals surface area contributed by atoms with Gasteiger partial charge in [0.2, 0.25) is 5.88 Å². The summed E-state index contributed by atoms with van der Waals surface area (Å²) in [4.78, 5) is 8.90. The highest BCUT2D eigenvalue weighted by atomic mass is 127. The molecule has 0 aromatic carbocycles. The molecule has 0 aliphatic heterocycles. The van der Waals surface area contributed by atoms with Crippen LogP contribution in [0.5, 0.6) is 5.88 Å². The standard InChI is InChI=1S/C16H24N6O.HI/c1-3-17-16(18-9-5-11-22-12-6-10-20-22)19-13-14-7-4-8-15(21-14)23-2;/h4,6-8,10,12H,3,5,9,11,13H2,1-2H3,(H2,17,18,19);1H. The summed E-state index contributed by atoms with van der Waals surface area (Å²) in [6.07, 6.45) is 4.73. The van der Waals surface area contributed by atoms with Gasteiger partial charge in [-0.3, -0.25) is 4.68 Å². The number of hydrogen-bond acceptors (Lipinski definition) is 4. The molecular formula is C16H25IN6O. The first-order chi connectivity index (χ1) is 11.3. The number of methoxy groups -OCH3 is 1. The number of halogens is 1. The van der Waals surface area contributed by atoms with Gasteiger partial charge in [-0.05, 0) is 25.5 Å². The average Bonchev–Trinajstić information content (AvgIpc) is 3.10. The van der Waals surface area contributed by atoms with E-state index in [4.69, 9.17) is 4.74 Å². The van der Waals surface area contributed by atoms with Gasteiger partial charge in [-0.25, -0.2) is 9.98 Å². The maximum Gasteiger partial charge on any atom is 0.213 e. The third-order valence-corrected chi connectivity index (χ3v) is 3.15. The molecule has 0 unspecified atom stereocenters. The van der Waals surface area contributed by atoms with Crippen molar-refractivity contribution in [2.75, 3.05) is 20.2 Å². The zero-order chi connectivity index (χ0) is 16.3. The molecule has 0 bridgehead atoms. The molecule has 0 aliphatic carbocycles. The summed E-state index contributed by atoms with van der Waals surface area (Å²) >= 11 is 0. The molecule has 0 saturated carbocycles. The van der Waals surface area contributed by atoms with Crippen LogP contribution in [0.25, 0.3) is 0 Å². The van der Waals surface area contributed by atoms with Crippen molar-refractivity contribution in [3.63, 3.8) is 0 Å². The Morgan fingerprint density at radius 3 is 2.88 bits per heavy atom. The molecular weight excluding hydrogens is 419 g/mol. The van der Waals surface area contributed by atoms with Gasteiger partial charge in [0.25, 0.3) is 0 Å². The smallest absolute Gasteiger partial charge is 0.213 e. The lowest BCUT2D eigenvalue weighted by Crippen LogP contribution is -2.38. The molecule has 24 heavy (non-hydrogen) atoms. The van der Waals surface area contributed by atoms with Crippen LogP contribution in [0.3, 0.4) is 0 Å². The molecule has 2 aromatic rings. The number of ether oxygens (including phenoxy) is 1. The molecule has 7 nitrogen and oxygen atoms in total. The minimum atomic E-state index is 0. The number of nitrogens with one attached hydrogen (secondary N) is 2. The van der Waals surface area contributed by atoms with Crippen LogP contribution in [-0.4, -0.2) is 40.9 Å². The number of guanidine groups is 1. The summed E-state index contributed by atoms with van der Waals surface area (Å²) < 4.78 is 7.05. The Kier molecular flexibility index (Phi) is 9.81. The number of aliphatic imine (C=N–C) groups is 1. The van der Waals surface area contributed by atoms with E-state index in [0.717, 1.165) is 37.7 Å². The molecule has 0 atom stereocenters. The van der Waals surface area contributed by atoms with Gasteiger partial charge in [-0.2, -0.15) is 5.10 Å². The lowest BCUT2D eigenvalue weighted by molar-refractivity contribution is 0.396. The van der Waals surface area contributed by atoms with E-state index in [2.05, 4.69) is 25.7 Å². The minimum Gasteiger partial charge on any atom is -0.481 e. The van der Waals surface area contributed by atoms with Crippen molar-refractivity contribution in [2.24, 2.45) is 4.99 Å². The maximum absolute atomic E-state index is 5.12. The fourth-order valence-electron chi connectivity index (χ4n) is 2.04. The zero-order valence-corrected chi connectivity index (χ0v) is 16.4. The van der Waals surface area contributed by atoms with Crippen LogP contribution in [0.1, 0.15) is 19.0 Å². The van der Waals surface area contributed by atoms with Gasteiger partial charge in [0.05, 0.1) is 19.3 Å². The van der Waals surface area contributed by atoms with Crippen molar-refractivity contribution < 1.29 is 4.74 Å². The van der Waals surface area contributed by atoms with Crippen LogP contribution in [0.2, 0.25) is 0 Å². The Bertz CT molecular complexity index is 602. The van der Waals surface area contributed by atoms with E-state index in [0.29, 0.717) is 12.4 Å². The van der Waals surface area contributed by atoms with E-state index < -0.39 is 0 Å². The molecule has 2 N–H and O–H groups in total. The Balaban J connectivity index is 0.00000288. The monoisotopic (exact) mass is 444 g/mol. The van der Waals surface area contributed by atoms with Gasteiger partial charge >= 0.3 is 0 Å². The summed E-state index contributed by atoms with van der Waals surface area (Å²) in [5.74, 6) is 1.40. The maximum atomic E-state index is 5.12. The minimum absolute atomic E-state index is 0. The molecule has 0 fully saturated rings. The third kappa shape index (κ3) is 7.16. The number of aromatic nitrogens is 3. The van der Waals surface area contributed by atoms with Crippen LogP contribution in [-0.2, 0) is 13.1 Å². The Morgan fingerprint density at radius 2 is 2.17 bits per heavy atom. The van der Waals surface area contributed by atoms with Crippen molar-refractivity contribution in [2.45, 2.75) is 26.4 Å². The van der Waals surface area contributed by atoms with Gasteiger partial charge in [0, 0.05) is 38.1 Å². The predicted molar refractivity (Wildman–Crippen MR) is 106 cm³/mol. The number of nitrogens with zero attached hydrogens (tertiary/aromatic N) is 4. The molecule has 0 radical (unpaired) electrons. The second kappa shape index (κ2) is 11.7. The second-order valence-electron chi connectivity index (χ2n) is 4.92. The molecule has 132 valence electrons. The third-order valence-electron chi connectivity index (χ3n) is 3.15. The lowest BCUT2D eigenvalue weighted by atomic mass is 10.3. The van der Waals surface area contributed by atoms with E-state index in [1.807, 2.05) is 42.1 Å². The molecule has 0 amide bonds. The molecule has 2 aromatic heterocycles. The summed E-state index contributed by atoms with van der Waals surface area (Å²) in [5, 5.41) is 10.7. The summed E-state index contributed by atoms with van der Waals surface area (Å²) in [6, 6.07) is 7.61. The first-order valence-electron chi connectivity index (χ1n) is 7.81. The van der Waals surface area contributed by atoms with Crippen LogP contribution in [0.15, 0.2) is 41.7 Å². The topological polar surface area (TPSA) is 76.4 Å². The summed E-state index contributed by atoms with van der Waals surface area (Å²) in [7, 11) is 1.61. The predicted octanol–water partition coefficient (Wildman–Crippen LogP) is 2.05. The number of aryl methyl sites for hydroxylation is 1. The van der Waals surface area contributed by atoms with Crippen LogP contribution < -0.4 is 15.4 Å². The molecule has 0 spiro atoms. The Hall–Kier alpha value is -1.84. The highest BCUT2D eigenvalue weighted by molar-refractivity contribution is 14.0. The van der Waals surface area contributed by atoms with Crippen molar-refractivity contribution in [1.82, 2.24) is 25.4 Å². The first-order valence-corrected chi connectivity index (χ1v) is 7.81.